The number of carbonyl (C=O) groups excluding carboxylic acids is 1. The van der Waals surface area contributed by atoms with Crippen LogP contribution in [0.1, 0.15) is 25.3 Å². The van der Waals surface area contributed by atoms with Crippen LogP contribution in [-0.4, -0.2) is 38.9 Å². The van der Waals surface area contributed by atoms with Gasteiger partial charge >= 0.3 is 6.18 Å². The van der Waals surface area contributed by atoms with Gasteiger partial charge in [0.2, 0.25) is 15.9 Å². The molecule has 134 valence electrons. The molecular formula is C15H19F3N2O3S. The molecule has 0 saturated carbocycles. The van der Waals surface area contributed by atoms with Crippen LogP contribution in [-0.2, 0) is 21.0 Å². The summed E-state index contributed by atoms with van der Waals surface area (Å²) in [7, 11) is -4.19. The van der Waals surface area contributed by atoms with Gasteiger partial charge in [0.15, 0.2) is 0 Å². The molecule has 0 aliphatic carbocycles. The zero-order valence-corrected chi connectivity index (χ0v) is 14.0. The van der Waals surface area contributed by atoms with Crippen molar-refractivity contribution in [1.29, 1.82) is 0 Å². The van der Waals surface area contributed by atoms with Gasteiger partial charge in [-0.1, -0.05) is 13.0 Å². The number of carbonyl (C=O) groups is 1. The highest BCUT2D eigenvalue weighted by Gasteiger charge is 2.32. The molecule has 1 aliphatic rings. The summed E-state index contributed by atoms with van der Waals surface area (Å²) in [6.07, 6.45) is -2.77. The van der Waals surface area contributed by atoms with Crippen LogP contribution in [0.4, 0.5) is 13.2 Å². The molecule has 0 spiro atoms. The van der Waals surface area contributed by atoms with Crippen LogP contribution in [0.15, 0.2) is 29.2 Å². The molecule has 1 N–H and O–H groups in total. The number of likely N-dealkylation sites (tertiary alicyclic amines) is 1. The number of hydrogen-bond donors (Lipinski definition) is 1. The smallest absolute Gasteiger partial charge is 0.341 e. The molecule has 1 atom stereocenters. The lowest BCUT2D eigenvalue weighted by Crippen LogP contribution is -2.44. The van der Waals surface area contributed by atoms with E-state index >= 15 is 0 Å². The van der Waals surface area contributed by atoms with E-state index in [4.69, 9.17) is 0 Å². The van der Waals surface area contributed by atoms with E-state index in [1.165, 1.54) is 0 Å². The predicted molar refractivity (Wildman–Crippen MR) is 81.6 cm³/mol. The van der Waals surface area contributed by atoms with Gasteiger partial charge in [-0.15, -0.1) is 0 Å². The number of hydrogen-bond acceptors (Lipinski definition) is 3. The van der Waals surface area contributed by atoms with Gasteiger partial charge in [-0.2, -0.15) is 13.2 Å². The number of amides is 1. The lowest BCUT2D eigenvalue weighted by molar-refractivity contribution is -0.137. The third kappa shape index (κ3) is 4.70. The number of rotatable bonds is 4. The Morgan fingerprint density at radius 2 is 2.08 bits per heavy atom. The normalized spacial score (nSPS) is 19.3. The molecule has 1 amide bonds. The fraction of sp³-hybridized carbons (Fsp3) is 0.533. The van der Waals surface area contributed by atoms with Crippen LogP contribution in [0, 0.1) is 5.92 Å². The van der Waals surface area contributed by atoms with Gasteiger partial charge in [0.1, 0.15) is 0 Å². The number of nitrogens with zero attached hydrogens (tertiary/aromatic N) is 1. The predicted octanol–water partition coefficient (Wildman–Crippen LogP) is 2.24. The van der Waals surface area contributed by atoms with Crippen LogP contribution in [0.3, 0.4) is 0 Å². The highest BCUT2D eigenvalue weighted by atomic mass is 32.2. The summed E-state index contributed by atoms with van der Waals surface area (Å²) in [5.41, 5.74) is -1.05. The minimum absolute atomic E-state index is 0.350. The maximum Gasteiger partial charge on any atom is 0.416 e. The minimum Gasteiger partial charge on any atom is -0.341 e. The molecule has 1 aliphatic heterocycles. The van der Waals surface area contributed by atoms with E-state index in [-0.39, 0.29) is 5.91 Å². The van der Waals surface area contributed by atoms with Crippen LogP contribution in [0.2, 0.25) is 0 Å². The second-order valence-electron chi connectivity index (χ2n) is 5.94. The summed E-state index contributed by atoms with van der Waals surface area (Å²) in [6.45, 7) is 2.66. The molecule has 1 aromatic carbocycles. The van der Waals surface area contributed by atoms with Crippen LogP contribution in [0.5, 0.6) is 0 Å². The third-order valence-electron chi connectivity index (χ3n) is 3.89. The Labute approximate surface area is 138 Å². The van der Waals surface area contributed by atoms with E-state index in [1.54, 1.807) is 4.90 Å². The molecule has 1 fully saturated rings. The second-order valence-corrected chi connectivity index (χ2v) is 7.70. The lowest BCUT2D eigenvalue weighted by Gasteiger charge is -2.31. The van der Waals surface area contributed by atoms with Crippen molar-refractivity contribution in [2.24, 2.45) is 5.92 Å². The monoisotopic (exact) mass is 364 g/mol. The van der Waals surface area contributed by atoms with Crippen molar-refractivity contribution in [3.63, 3.8) is 0 Å². The molecule has 0 radical (unpaired) electrons. The fourth-order valence-corrected chi connectivity index (χ4v) is 3.63. The fourth-order valence-electron chi connectivity index (χ4n) is 2.61. The summed E-state index contributed by atoms with van der Waals surface area (Å²) in [5, 5.41) is 0. The standard InChI is InChI=1S/C15H19F3N2O3S/c1-11-4-3-7-20(10-11)14(21)9-19-24(22,23)13-6-2-5-12(8-13)15(16,17)18/h2,5-6,8,11,19H,3-4,7,9-10H2,1H3. The highest BCUT2D eigenvalue weighted by Crippen LogP contribution is 2.30. The Kier molecular flexibility index (Phi) is 5.54. The van der Waals surface area contributed by atoms with Crippen LogP contribution < -0.4 is 4.72 Å². The van der Waals surface area contributed by atoms with E-state index in [0.717, 1.165) is 31.0 Å². The lowest BCUT2D eigenvalue weighted by atomic mass is 10.0. The summed E-state index contributed by atoms with van der Waals surface area (Å²) >= 11 is 0. The molecular weight excluding hydrogens is 345 g/mol. The van der Waals surface area contributed by atoms with Gasteiger partial charge < -0.3 is 4.90 Å². The maximum absolute atomic E-state index is 12.7. The Morgan fingerprint density at radius 3 is 2.71 bits per heavy atom. The molecule has 1 aromatic rings. The van der Waals surface area contributed by atoms with Crippen molar-refractivity contribution in [3.8, 4) is 0 Å². The molecule has 24 heavy (non-hydrogen) atoms. The molecule has 0 aromatic heterocycles. The second kappa shape index (κ2) is 7.10. The number of benzene rings is 1. The number of nitrogens with one attached hydrogen (secondary N) is 1. The van der Waals surface area contributed by atoms with E-state index in [1.807, 2.05) is 6.92 Å². The zero-order chi connectivity index (χ0) is 18.0. The molecule has 5 nitrogen and oxygen atoms in total. The molecule has 9 heteroatoms. The van der Waals surface area contributed by atoms with E-state index in [0.29, 0.717) is 25.1 Å². The third-order valence-corrected chi connectivity index (χ3v) is 5.29. The summed E-state index contributed by atoms with van der Waals surface area (Å²) < 4.78 is 64.3. The quantitative estimate of drug-likeness (QED) is 0.891. The van der Waals surface area contributed by atoms with E-state index < -0.39 is 33.2 Å². The Morgan fingerprint density at radius 1 is 1.38 bits per heavy atom. The van der Waals surface area contributed by atoms with Gasteiger partial charge in [0, 0.05) is 13.1 Å². The molecule has 1 heterocycles. The number of alkyl halides is 3. The van der Waals surface area contributed by atoms with Crippen LogP contribution >= 0.6 is 0 Å². The van der Waals surface area contributed by atoms with Crippen molar-refractivity contribution in [2.45, 2.75) is 30.8 Å². The van der Waals surface area contributed by atoms with Crippen molar-refractivity contribution in [3.05, 3.63) is 29.8 Å². The van der Waals surface area contributed by atoms with Gasteiger partial charge in [0.05, 0.1) is 17.0 Å². The first-order valence-corrected chi connectivity index (χ1v) is 9.02. The van der Waals surface area contributed by atoms with E-state index in [9.17, 15) is 26.4 Å². The Bertz CT molecular complexity index is 704. The zero-order valence-electron chi connectivity index (χ0n) is 13.1. The van der Waals surface area contributed by atoms with Gasteiger partial charge in [-0.25, -0.2) is 13.1 Å². The summed E-state index contributed by atoms with van der Waals surface area (Å²) in [4.78, 5) is 13.1. The first-order chi connectivity index (χ1) is 11.1. The Hall–Kier alpha value is -1.61. The Balaban J connectivity index is 2.05. The van der Waals surface area contributed by atoms with Crippen molar-refractivity contribution in [1.82, 2.24) is 9.62 Å². The van der Waals surface area contributed by atoms with E-state index in [2.05, 4.69) is 4.72 Å². The minimum atomic E-state index is -4.63. The van der Waals surface area contributed by atoms with Gasteiger partial charge in [0.25, 0.3) is 0 Å². The van der Waals surface area contributed by atoms with Gasteiger partial charge in [-0.05, 0) is 37.0 Å². The number of piperidine rings is 1. The largest absolute Gasteiger partial charge is 0.416 e. The van der Waals surface area contributed by atoms with Crippen molar-refractivity contribution in [2.75, 3.05) is 19.6 Å². The van der Waals surface area contributed by atoms with Crippen molar-refractivity contribution < 1.29 is 26.4 Å². The topological polar surface area (TPSA) is 66.5 Å². The average molecular weight is 364 g/mol. The molecule has 1 unspecified atom stereocenters. The first kappa shape index (κ1) is 18.7. The molecule has 0 bridgehead atoms. The number of halogens is 3. The number of sulfonamides is 1. The maximum atomic E-state index is 12.7. The first-order valence-electron chi connectivity index (χ1n) is 7.54. The summed E-state index contributed by atoms with van der Waals surface area (Å²) in [5.74, 6) is -0.0279. The highest BCUT2D eigenvalue weighted by molar-refractivity contribution is 7.89. The average Bonchev–Trinajstić information content (AvgIpc) is 2.52. The summed E-state index contributed by atoms with van der Waals surface area (Å²) in [6, 6.07) is 3.42. The molecule has 1 saturated heterocycles. The molecule has 2 rings (SSSR count). The van der Waals surface area contributed by atoms with Crippen LogP contribution in [0.25, 0.3) is 0 Å². The van der Waals surface area contributed by atoms with Crippen molar-refractivity contribution >= 4 is 15.9 Å². The van der Waals surface area contributed by atoms with Gasteiger partial charge in [-0.3, -0.25) is 4.79 Å². The SMILES string of the molecule is CC1CCCN(C(=O)CNS(=O)(=O)c2cccc(C(F)(F)F)c2)C1.